The largest absolute Gasteiger partial charge is 0.127 e. The first-order valence-corrected chi connectivity index (χ1v) is 6.12. The third-order valence-corrected chi connectivity index (χ3v) is 4.03. The molecular formula is C11H13ClS. The lowest BCUT2D eigenvalue weighted by molar-refractivity contribution is 0.748. The summed E-state index contributed by atoms with van der Waals surface area (Å²) in [5, 5.41) is 0.774. The Morgan fingerprint density at radius 1 is 1.38 bits per heavy atom. The first-order chi connectivity index (χ1) is 6.40. The minimum Gasteiger partial charge on any atom is -0.127 e. The zero-order chi connectivity index (χ0) is 9.10. The van der Waals surface area contributed by atoms with Crippen LogP contribution in [0.1, 0.15) is 18.4 Å². The maximum Gasteiger partial charge on any atom is 0.0223 e. The maximum atomic E-state index is 5.68. The molecule has 0 aliphatic carbocycles. The summed E-state index contributed by atoms with van der Waals surface area (Å²) in [5.41, 5.74) is 1.52. The van der Waals surface area contributed by atoms with E-state index in [0.29, 0.717) is 0 Å². The lowest BCUT2D eigenvalue weighted by Crippen LogP contribution is -2.00. The Bertz CT molecular complexity index is 260. The summed E-state index contributed by atoms with van der Waals surface area (Å²) in [6.07, 6.45) is 3.63. The molecule has 1 unspecified atom stereocenters. The lowest BCUT2D eigenvalue weighted by Gasteiger charge is -2.05. The van der Waals surface area contributed by atoms with E-state index < -0.39 is 0 Å². The first-order valence-electron chi connectivity index (χ1n) is 4.70. The van der Waals surface area contributed by atoms with Crippen molar-refractivity contribution in [2.45, 2.75) is 29.4 Å². The molecule has 0 radical (unpaired) electrons. The average Bonchev–Trinajstić information content (AvgIpc) is 2.57. The fourth-order valence-corrected chi connectivity index (χ4v) is 3.24. The Morgan fingerprint density at radius 2 is 2.23 bits per heavy atom. The fourth-order valence-electron chi connectivity index (χ4n) is 1.72. The van der Waals surface area contributed by atoms with Gasteiger partial charge in [-0.2, -0.15) is 0 Å². The average molecular weight is 213 g/mol. The van der Waals surface area contributed by atoms with Crippen LogP contribution in [0, 0.1) is 0 Å². The summed E-state index contributed by atoms with van der Waals surface area (Å²) in [5.74, 6) is 0.799. The van der Waals surface area contributed by atoms with Gasteiger partial charge in [0.15, 0.2) is 0 Å². The van der Waals surface area contributed by atoms with E-state index in [1.807, 2.05) is 11.8 Å². The minimum absolute atomic E-state index is 0.774. The highest BCUT2D eigenvalue weighted by molar-refractivity contribution is 8.00. The molecule has 0 nitrogen and oxygen atoms in total. The van der Waals surface area contributed by atoms with Gasteiger partial charge in [-0.15, -0.1) is 23.4 Å². The highest BCUT2D eigenvalue weighted by Crippen LogP contribution is 2.38. The third kappa shape index (κ3) is 2.21. The van der Waals surface area contributed by atoms with Crippen LogP contribution in [-0.4, -0.2) is 11.1 Å². The van der Waals surface area contributed by atoms with Gasteiger partial charge in [-0.25, -0.2) is 0 Å². The van der Waals surface area contributed by atoms with Crippen LogP contribution in [0.3, 0.4) is 0 Å². The second kappa shape index (κ2) is 4.39. The molecular weight excluding hydrogens is 200 g/mol. The van der Waals surface area contributed by atoms with Crippen molar-refractivity contribution < 1.29 is 0 Å². The van der Waals surface area contributed by atoms with Crippen molar-refractivity contribution in [2.75, 3.05) is 5.88 Å². The molecule has 0 fully saturated rings. The molecule has 1 atom stereocenters. The number of fused-ring (bicyclic) bond motifs is 1. The number of hydrogen-bond donors (Lipinski definition) is 0. The predicted octanol–water partition coefficient (Wildman–Crippen LogP) is 3.72. The monoisotopic (exact) mass is 212 g/mol. The van der Waals surface area contributed by atoms with Crippen molar-refractivity contribution >= 4 is 23.4 Å². The van der Waals surface area contributed by atoms with Gasteiger partial charge in [0.2, 0.25) is 0 Å². The molecule has 0 aromatic heterocycles. The SMILES string of the molecule is ClCCCC1Cc2ccccc2S1. The van der Waals surface area contributed by atoms with Crippen molar-refractivity contribution in [3.8, 4) is 0 Å². The molecule has 0 amide bonds. The normalized spacial score (nSPS) is 20.2. The number of rotatable bonds is 3. The molecule has 1 heterocycles. The zero-order valence-corrected chi connectivity index (χ0v) is 9.07. The second-order valence-electron chi connectivity index (χ2n) is 3.38. The summed E-state index contributed by atoms with van der Waals surface area (Å²) in [4.78, 5) is 1.47. The van der Waals surface area contributed by atoms with Gasteiger partial charge in [-0.05, 0) is 30.9 Å². The van der Waals surface area contributed by atoms with Gasteiger partial charge >= 0.3 is 0 Å². The quantitative estimate of drug-likeness (QED) is 0.689. The van der Waals surface area contributed by atoms with E-state index in [9.17, 15) is 0 Å². The van der Waals surface area contributed by atoms with Crippen LogP contribution in [0.4, 0.5) is 0 Å². The summed E-state index contributed by atoms with van der Waals surface area (Å²) in [7, 11) is 0. The van der Waals surface area contributed by atoms with E-state index in [-0.39, 0.29) is 0 Å². The van der Waals surface area contributed by atoms with Gasteiger partial charge in [0.25, 0.3) is 0 Å². The molecule has 0 spiro atoms. The smallest absolute Gasteiger partial charge is 0.0223 e. The molecule has 2 rings (SSSR count). The topological polar surface area (TPSA) is 0 Å². The number of benzene rings is 1. The second-order valence-corrected chi connectivity index (χ2v) is 5.10. The van der Waals surface area contributed by atoms with Crippen LogP contribution < -0.4 is 0 Å². The van der Waals surface area contributed by atoms with Crippen LogP contribution in [0.2, 0.25) is 0 Å². The van der Waals surface area contributed by atoms with E-state index in [1.165, 1.54) is 23.3 Å². The van der Waals surface area contributed by atoms with Crippen molar-refractivity contribution in [2.24, 2.45) is 0 Å². The minimum atomic E-state index is 0.774. The molecule has 2 heteroatoms. The molecule has 0 saturated heterocycles. The molecule has 1 aromatic carbocycles. The van der Waals surface area contributed by atoms with Crippen LogP contribution in [0.25, 0.3) is 0 Å². The first kappa shape index (κ1) is 9.42. The molecule has 1 aliphatic rings. The van der Waals surface area contributed by atoms with Gasteiger partial charge in [0, 0.05) is 16.0 Å². The molecule has 70 valence electrons. The summed E-state index contributed by atoms with van der Waals surface area (Å²) in [6, 6.07) is 8.71. The van der Waals surface area contributed by atoms with E-state index >= 15 is 0 Å². The lowest BCUT2D eigenvalue weighted by atomic mass is 10.1. The molecule has 0 bridgehead atoms. The summed E-state index contributed by atoms with van der Waals surface area (Å²) >= 11 is 7.70. The Kier molecular flexibility index (Phi) is 3.18. The van der Waals surface area contributed by atoms with Crippen LogP contribution in [0.5, 0.6) is 0 Å². The number of halogens is 1. The molecule has 1 aromatic rings. The number of hydrogen-bond acceptors (Lipinski definition) is 1. The van der Waals surface area contributed by atoms with Crippen LogP contribution in [-0.2, 0) is 6.42 Å². The van der Waals surface area contributed by atoms with E-state index in [2.05, 4.69) is 24.3 Å². The zero-order valence-electron chi connectivity index (χ0n) is 7.50. The van der Waals surface area contributed by atoms with Gasteiger partial charge < -0.3 is 0 Å². The van der Waals surface area contributed by atoms with Gasteiger partial charge in [0.05, 0.1) is 0 Å². The predicted molar refractivity (Wildman–Crippen MR) is 59.7 cm³/mol. The summed E-state index contributed by atoms with van der Waals surface area (Å²) in [6.45, 7) is 0. The van der Waals surface area contributed by atoms with E-state index in [1.54, 1.807) is 0 Å². The standard InChI is InChI=1S/C11H13ClS/c12-7-3-5-10-8-9-4-1-2-6-11(9)13-10/h1-2,4,6,10H,3,5,7-8H2. The Balaban J connectivity index is 1.97. The van der Waals surface area contributed by atoms with Crippen molar-refractivity contribution in [1.29, 1.82) is 0 Å². The van der Waals surface area contributed by atoms with Gasteiger partial charge in [0.1, 0.15) is 0 Å². The van der Waals surface area contributed by atoms with E-state index in [4.69, 9.17) is 11.6 Å². The third-order valence-electron chi connectivity index (χ3n) is 2.37. The van der Waals surface area contributed by atoms with Gasteiger partial charge in [-0.1, -0.05) is 18.2 Å². The highest BCUT2D eigenvalue weighted by atomic mass is 35.5. The van der Waals surface area contributed by atoms with Crippen molar-refractivity contribution in [3.05, 3.63) is 29.8 Å². The molecule has 0 saturated carbocycles. The summed E-state index contributed by atoms with van der Waals surface area (Å²) < 4.78 is 0. The molecule has 0 N–H and O–H groups in total. The Labute approximate surface area is 88.7 Å². The van der Waals surface area contributed by atoms with Crippen LogP contribution >= 0.6 is 23.4 Å². The van der Waals surface area contributed by atoms with Crippen molar-refractivity contribution in [3.63, 3.8) is 0 Å². The number of alkyl halides is 1. The van der Waals surface area contributed by atoms with Crippen molar-refractivity contribution in [1.82, 2.24) is 0 Å². The van der Waals surface area contributed by atoms with Gasteiger partial charge in [-0.3, -0.25) is 0 Å². The number of thioether (sulfide) groups is 1. The Hall–Kier alpha value is -0.140. The molecule has 1 aliphatic heterocycles. The maximum absolute atomic E-state index is 5.68. The highest BCUT2D eigenvalue weighted by Gasteiger charge is 2.20. The Morgan fingerprint density at radius 3 is 3.00 bits per heavy atom. The molecule has 13 heavy (non-hydrogen) atoms. The van der Waals surface area contributed by atoms with E-state index in [0.717, 1.165) is 17.6 Å². The van der Waals surface area contributed by atoms with Crippen LogP contribution in [0.15, 0.2) is 29.2 Å². The fraction of sp³-hybridized carbons (Fsp3) is 0.455.